The summed E-state index contributed by atoms with van der Waals surface area (Å²) in [4.78, 5) is 9.16. The first-order valence-corrected chi connectivity index (χ1v) is 12.4. The Morgan fingerprint density at radius 1 is 1.12 bits per heavy atom. The van der Waals surface area contributed by atoms with Gasteiger partial charge in [-0.3, -0.25) is 9.56 Å². The van der Waals surface area contributed by atoms with Gasteiger partial charge in [0.2, 0.25) is 0 Å². The quantitative estimate of drug-likeness (QED) is 0.636. The molecule has 3 aliphatic heterocycles. The van der Waals surface area contributed by atoms with Crippen LogP contribution in [0.2, 0.25) is 0 Å². The van der Waals surface area contributed by atoms with Gasteiger partial charge in [-0.05, 0) is 58.7 Å². The number of anilines is 1. The standard InChI is InChI=1S/C25H30N6S/c1-15-17(3)32-24-21(15)22(27-16(2)23-29-28-18(4)31(23)24)19-8-5-6-9-20(19)30-13-25(14-30)10-7-11-26-12-25/h5-6,8-9,16,26H,7,10-14H2,1-4H3/t16-/m0/s1. The van der Waals surface area contributed by atoms with E-state index < -0.39 is 0 Å². The Bertz CT molecular complexity index is 1220. The second-order valence-electron chi connectivity index (χ2n) is 9.71. The molecule has 3 aromatic rings. The van der Waals surface area contributed by atoms with Crippen LogP contribution < -0.4 is 10.2 Å². The third-order valence-electron chi connectivity index (χ3n) is 7.47. The van der Waals surface area contributed by atoms with Gasteiger partial charge in [0.05, 0.1) is 5.71 Å². The maximum absolute atomic E-state index is 5.28. The molecule has 2 aromatic heterocycles. The summed E-state index contributed by atoms with van der Waals surface area (Å²) in [7, 11) is 0. The summed E-state index contributed by atoms with van der Waals surface area (Å²) >= 11 is 1.82. The molecule has 0 saturated carbocycles. The van der Waals surface area contributed by atoms with Crippen molar-refractivity contribution in [1.29, 1.82) is 0 Å². The molecule has 0 unspecified atom stereocenters. The molecule has 6 rings (SSSR count). The fourth-order valence-corrected chi connectivity index (χ4v) is 6.86. The van der Waals surface area contributed by atoms with E-state index in [1.54, 1.807) is 0 Å². The van der Waals surface area contributed by atoms with Crippen LogP contribution >= 0.6 is 11.3 Å². The van der Waals surface area contributed by atoms with Crippen LogP contribution in [0.5, 0.6) is 0 Å². The normalized spacial score (nSPS) is 21.6. The van der Waals surface area contributed by atoms with Crippen molar-refractivity contribution in [3.05, 3.63) is 57.5 Å². The number of para-hydroxylation sites is 1. The SMILES string of the molecule is Cc1sc2c(c1C)C(c1ccccc1N1CC3(CCCNC3)C1)=N[C@@H](C)c1nnc(C)n1-2. The van der Waals surface area contributed by atoms with Crippen molar-refractivity contribution in [3.63, 3.8) is 0 Å². The second kappa shape index (κ2) is 7.25. The Balaban J connectivity index is 1.47. The molecule has 0 radical (unpaired) electrons. The summed E-state index contributed by atoms with van der Waals surface area (Å²) in [6.45, 7) is 13.2. The van der Waals surface area contributed by atoms with E-state index in [2.05, 4.69) is 70.0 Å². The van der Waals surface area contributed by atoms with E-state index in [9.17, 15) is 0 Å². The topological polar surface area (TPSA) is 58.3 Å². The van der Waals surface area contributed by atoms with Crippen LogP contribution in [0.15, 0.2) is 29.3 Å². The Labute approximate surface area is 193 Å². The van der Waals surface area contributed by atoms with E-state index in [0.717, 1.165) is 43.5 Å². The highest BCUT2D eigenvalue weighted by Crippen LogP contribution is 2.43. The molecule has 0 aliphatic carbocycles. The molecule has 0 bridgehead atoms. The lowest BCUT2D eigenvalue weighted by molar-refractivity contribution is 0.157. The van der Waals surface area contributed by atoms with Gasteiger partial charge in [-0.15, -0.1) is 21.5 Å². The molecular weight excluding hydrogens is 416 g/mol. The molecule has 3 aliphatic rings. The van der Waals surface area contributed by atoms with Gasteiger partial charge in [-0.2, -0.15) is 0 Å². The molecule has 6 nitrogen and oxygen atoms in total. The number of hydrogen-bond donors (Lipinski definition) is 1. The highest BCUT2D eigenvalue weighted by molar-refractivity contribution is 7.15. The number of hydrogen-bond acceptors (Lipinski definition) is 6. The van der Waals surface area contributed by atoms with Gasteiger partial charge in [0.15, 0.2) is 5.82 Å². The summed E-state index contributed by atoms with van der Waals surface area (Å²) < 4.78 is 2.22. The number of thiophene rings is 1. The number of nitrogens with zero attached hydrogens (tertiary/aromatic N) is 5. The fraction of sp³-hybridized carbons (Fsp3) is 0.480. The molecule has 166 valence electrons. The average molecular weight is 447 g/mol. The Hall–Kier alpha value is -2.51. The lowest BCUT2D eigenvalue weighted by Crippen LogP contribution is -2.62. The van der Waals surface area contributed by atoms with Crippen molar-refractivity contribution in [2.45, 2.75) is 46.6 Å². The lowest BCUT2D eigenvalue weighted by atomic mass is 9.73. The van der Waals surface area contributed by atoms with Crippen molar-refractivity contribution in [2.75, 3.05) is 31.1 Å². The van der Waals surface area contributed by atoms with Crippen molar-refractivity contribution in [1.82, 2.24) is 20.1 Å². The minimum atomic E-state index is -0.0520. The lowest BCUT2D eigenvalue weighted by Gasteiger charge is -2.54. The molecule has 7 heteroatoms. The summed E-state index contributed by atoms with van der Waals surface area (Å²) in [6.07, 6.45) is 2.62. The van der Waals surface area contributed by atoms with Gasteiger partial charge in [-0.1, -0.05) is 18.2 Å². The third-order valence-corrected chi connectivity index (χ3v) is 8.66. The number of aryl methyl sites for hydroxylation is 2. The van der Waals surface area contributed by atoms with Crippen LogP contribution in [-0.4, -0.2) is 46.7 Å². The third kappa shape index (κ3) is 2.90. The average Bonchev–Trinajstić information content (AvgIpc) is 3.26. The summed E-state index contributed by atoms with van der Waals surface area (Å²) in [5.41, 5.74) is 6.62. The van der Waals surface area contributed by atoms with E-state index in [0.29, 0.717) is 5.41 Å². The first kappa shape index (κ1) is 20.1. The van der Waals surface area contributed by atoms with Crippen molar-refractivity contribution in [3.8, 4) is 5.00 Å². The molecule has 1 aromatic carbocycles. The highest BCUT2D eigenvalue weighted by Gasteiger charge is 2.44. The number of aliphatic imine (C=N–C) groups is 1. The largest absolute Gasteiger partial charge is 0.370 e. The van der Waals surface area contributed by atoms with Gasteiger partial charge < -0.3 is 10.2 Å². The number of fused-ring (bicyclic) bond motifs is 3. The molecular formula is C25H30N6S. The van der Waals surface area contributed by atoms with Crippen LogP contribution in [0.3, 0.4) is 0 Å². The van der Waals surface area contributed by atoms with Crippen molar-refractivity contribution in [2.24, 2.45) is 10.4 Å². The van der Waals surface area contributed by atoms with Crippen LogP contribution in [0.4, 0.5) is 5.69 Å². The summed E-state index contributed by atoms with van der Waals surface area (Å²) in [5, 5.41) is 13.7. The zero-order valence-corrected chi connectivity index (χ0v) is 20.1. The molecule has 1 atom stereocenters. The number of benzene rings is 1. The van der Waals surface area contributed by atoms with Gasteiger partial charge in [-0.25, -0.2) is 0 Å². The monoisotopic (exact) mass is 446 g/mol. The van der Waals surface area contributed by atoms with Crippen LogP contribution in [0.1, 0.15) is 59.0 Å². The predicted molar refractivity (Wildman–Crippen MR) is 131 cm³/mol. The minimum Gasteiger partial charge on any atom is -0.370 e. The minimum absolute atomic E-state index is 0.0520. The van der Waals surface area contributed by atoms with E-state index >= 15 is 0 Å². The van der Waals surface area contributed by atoms with Gasteiger partial charge in [0, 0.05) is 46.7 Å². The van der Waals surface area contributed by atoms with Gasteiger partial charge in [0.1, 0.15) is 16.9 Å². The zero-order valence-electron chi connectivity index (χ0n) is 19.3. The predicted octanol–water partition coefficient (Wildman–Crippen LogP) is 4.36. The van der Waals surface area contributed by atoms with Gasteiger partial charge >= 0.3 is 0 Å². The number of aromatic nitrogens is 3. The van der Waals surface area contributed by atoms with Crippen LogP contribution in [-0.2, 0) is 0 Å². The van der Waals surface area contributed by atoms with E-state index in [1.807, 2.05) is 18.3 Å². The molecule has 1 spiro atoms. The molecule has 32 heavy (non-hydrogen) atoms. The molecule has 5 heterocycles. The highest BCUT2D eigenvalue weighted by atomic mass is 32.1. The Morgan fingerprint density at radius 2 is 1.94 bits per heavy atom. The summed E-state index contributed by atoms with van der Waals surface area (Å²) in [6, 6.07) is 8.78. The smallest absolute Gasteiger partial charge is 0.162 e. The fourth-order valence-electron chi connectivity index (χ4n) is 5.65. The summed E-state index contributed by atoms with van der Waals surface area (Å²) in [5.74, 6) is 1.85. The van der Waals surface area contributed by atoms with E-state index in [-0.39, 0.29) is 6.04 Å². The molecule has 0 amide bonds. The number of piperidine rings is 1. The number of rotatable bonds is 2. The van der Waals surface area contributed by atoms with E-state index in [1.165, 1.54) is 45.1 Å². The van der Waals surface area contributed by atoms with Crippen LogP contribution in [0.25, 0.3) is 5.00 Å². The second-order valence-corrected chi connectivity index (χ2v) is 10.9. The van der Waals surface area contributed by atoms with Crippen molar-refractivity contribution >= 4 is 22.7 Å². The Morgan fingerprint density at radius 3 is 2.72 bits per heavy atom. The first-order chi connectivity index (χ1) is 15.5. The maximum Gasteiger partial charge on any atom is 0.162 e. The zero-order chi connectivity index (χ0) is 22.0. The number of nitrogens with one attached hydrogen (secondary N) is 1. The van der Waals surface area contributed by atoms with Crippen molar-refractivity contribution < 1.29 is 0 Å². The molecule has 2 fully saturated rings. The first-order valence-electron chi connectivity index (χ1n) is 11.6. The molecule has 2 saturated heterocycles. The molecule has 1 N–H and O–H groups in total. The van der Waals surface area contributed by atoms with Gasteiger partial charge in [0.25, 0.3) is 0 Å². The van der Waals surface area contributed by atoms with E-state index in [4.69, 9.17) is 4.99 Å². The maximum atomic E-state index is 5.28. The van der Waals surface area contributed by atoms with Crippen LogP contribution in [0, 0.1) is 26.2 Å². The Kier molecular flexibility index (Phi) is 4.56.